The fourth-order valence-electron chi connectivity index (χ4n) is 3.43. The van der Waals surface area contributed by atoms with Crippen molar-refractivity contribution in [1.29, 1.82) is 0 Å². The average Bonchev–Trinajstić information content (AvgIpc) is 2.70. The molecular formula is C25H34N2O2. The van der Waals surface area contributed by atoms with Gasteiger partial charge in [-0.15, -0.1) is 0 Å². The highest BCUT2D eigenvalue weighted by Crippen LogP contribution is 2.17. The van der Waals surface area contributed by atoms with Crippen LogP contribution in [0, 0.1) is 20.8 Å². The monoisotopic (exact) mass is 394 g/mol. The molecule has 4 nitrogen and oxygen atoms in total. The third kappa shape index (κ3) is 6.45. The van der Waals surface area contributed by atoms with Crippen molar-refractivity contribution in [3.8, 4) is 0 Å². The highest BCUT2D eigenvalue weighted by molar-refractivity contribution is 5.88. The molecule has 1 N–H and O–H groups in total. The number of aryl methyl sites for hydroxylation is 3. The van der Waals surface area contributed by atoms with Crippen molar-refractivity contribution in [2.75, 3.05) is 6.54 Å². The van der Waals surface area contributed by atoms with Crippen LogP contribution in [0.5, 0.6) is 0 Å². The van der Waals surface area contributed by atoms with E-state index in [9.17, 15) is 9.59 Å². The van der Waals surface area contributed by atoms with Gasteiger partial charge < -0.3 is 10.2 Å². The van der Waals surface area contributed by atoms with Crippen molar-refractivity contribution < 1.29 is 9.59 Å². The van der Waals surface area contributed by atoms with Gasteiger partial charge in [0.05, 0.1) is 6.42 Å². The minimum Gasteiger partial charge on any atom is -0.354 e. The van der Waals surface area contributed by atoms with Gasteiger partial charge in [0.15, 0.2) is 0 Å². The number of carbonyl (C=O) groups is 2. The summed E-state index contributed by atoms with van der Waals surface area (Å²) in [5.41, 5.74) is 5.47. The summed E-state index contributed by atoms with van der Waals surface area (Å²) in [7, 11) is 0. The molecule has 0 aliphatic carbocycles. The second-order valence-electron chi connectivity index (χ2n) is 7.83. The van der Waals surface area contributed by atoms with Gasteiger partial charge in [-0.2, -0.15) is 0 Å². The fraction of sp³-hybridized carbons (Fsp3) is 0.440. The van der Waals surface area contributed by atoms with Gasteiger partial charge in [-0.1, -0.05) is 67.4 Å². The molecule has 0 aliphatic heterocycles. The first-order chi connectivity index (χ1) is 13.8. The van der Waals surface area contributed by atoms with E-state index in [1.807, 2.05) is 65.0 Å². The van der Waals surface area contributed by atoms with Gasteiger partial charge in [-0.25, -0.2) is 0 Å². The van der Waals surface area contributed by atoms with Gasteiger partial charge in [-0.3, -0.25) is 9.59 Å². The van der Waals surface area contributed by atoms with Gasteiger partial charge >= 0.3 is 0 Å². The molecule has 0 radical (unpaired) electrons. The van der Waals surface area contributed by atoms with E-state index in [1.165, 1.54) is 5.56 Å². The summed E-state index contributed by atoms with van der Waals surface area (Å²) >= 11 is 0. The molecule has 156 valence electrons. The van der Waals surface area contributed by atoms with Crippen LogP contribution in [0.3, 0.4) is 0 Å². The summed E-state index contributed by atoms with van der Waals surface area (Å²) < 4.78 is 0. The SMILES string of the molecule is CCCNC(=O)[C@@H](CC)N(Cc1ccc(C)cc1)C(=O)Cc1cc(C)ccc1C. The Bertz CT molecular complexity index is 827. The smallest absolute Gasteiger partial charge is 0.242 e. The molecule has 2 aromatic carbocycles. The number of hydrogen-bond acceptors (Lipinski definition) is 2. The lowest BCUT2D eigenvalue weighted by atomic mass is 10.0. The van der Waals surface area contributed by atoms with E-state index >= 15 is 0 Å². The number of benzene rings is 2. The quantitative estimate of drug-likeness (QED) is 0.681. The first kappa shape index (κ1) is 22.7. The minimum atomic E-state index is -0.472. The average molecular weight is 395 g/mol. The molecule has 29 heavy (non-hydrogen) atoms. The van der Waals surface area contributed by atoms with Crippen molar-refractivity contribution in [2.24, 2.45) is 0 Å². The van der Waals surface area contributed by atoms with Crippen molar-refractivity contribution >= 4 is 11.8 Å². The van der Waals surface area contributed by atoms with Crippen molar-refractivity contribution in [1.82, 2.24) is 10.2 Å². The van der Waals surface area contributed by atoms with Gasteiger partial charge in [0.2, 0.25) is 11.8 Å². The topological polar surface area (TPSA) is 49.4 Å². The highest BCUT2D eigenvalue weighted by atomic mass is 16.2. The molecule has 0 heterocycles. The van der Waals surface area contributed by atoms with E-state index in [0.717, 1.165) is 28.7 Å². The lowest BCUT2D eigenvalue weighted by Gasteiger charge is -2.31. The second-order valence-corrected chi connectivity index (χ2v) is 7.83. The molecular weight excluding hydrogens is 360 g/mol. The van der Waals surface area contributed by atoms with E-state index < -0.39 is 6.04 Å². The number of nitrogens with one attached hydrogen (secondary N) is 1. The Morgan fingerprint density at radius 2 is 1.62 bits per heavy atom. The molecule has 4 heteroatoms. The normalized spacial score (nSPS) is 11.8. The number of hydrogen-bond donors (Lipinski definition) is 1. The van der Waals surface area contributed by atoms with E-state index in [2.05, 4.69) is 17.4 Å². The molecule has 0 fully saturated rings. The summed E-state index contributed by atoms with van der Waals surface area (Å²) in [6.07, 6.45) is 1.76. The third-order valence-electron chi connectivity index (χ3n) is 5.25. The predicted molar refractivity (Wildman–Crippen MR) is 119 cm³/mol. The van der Waals surface area contributed by atoms with Gasteiger partial charge in [-0.05, 0) is 50.3 Å². The first-order valence-corrected chi connectivity index (χ1v) is 10.5. The Hall–Kier alpha value is -2.62. The van der Waals surface area contributed by atoms with Crippen LogP contribution in [0.2, 0.25) is 0 Å². The first-order valence-electron chi connectivity index (χ1n) is 10.5. The maximum Gasteiger partial charge on any atom is 0.242 e. The molecule has 2 amide bonds. The zero-order valence-electron chi connectivity index (χ0n) is 18.4. The Balaban J connectivity index is 2.30. The molecule has 0 bridgehead atoms. The molecule has 2 rings (SSSR count). The van der Waals surface area contributed by atoms with E-state index in [-0.39, 0.29) is 11.8 Å². The van der Waals surface area contributed by atoms with E-state index in [4.69, 9.17) is 0 Å². The van der Waals surface area contributed by atoms with Crippen LogP contribution in [0.1, 0.15) is 54.5 Å². The van der Waals surface area contributed by atoms with Crippen LogP contribution in [0.25, 0.3) is 0 Å². The van der Waals surface area contributed by atoms with Crippen molar-refractivity contribution in [3.05, 3.63) is 70.3 Å². The zero-order valence-corrected chi connectivity index (χ0v) is 18.4. The molecule has 0 saturated heterocycles. The van der Waals surface area contributed by atoms with Crippen molar-refractivity contribution in [3.63, 3.8) is 0 Å². The predicted octanol–water partition coefficient (Wildman–Crippen LogP) is 4.49. The summed E-state index contributed by atoms with van der Waals surface area (Å²) in [5, 5.41) is 2.97. The maximum absolute atomic E-state index is 13.4. The largest absolute Gasteiger partial charge is 0.354 e. The molecule has 2 aromatic rings. The third-order valence-corrected chi connectivity index (χ3v) is 5.25. The van der Waals surface area contributed by atoms with Crippen LogP contribution < -0.4 is 5.32 Å². The molecule has 1 atom stereocenters. The van der Waals surface area contributed by atoms with Crippen LogP contribution in [-0.4, -0.2) is 29.3 Å². The summed E-state index contributed by atoms with van der Waals surface area (Å²) in [6, 6.07) is 13.8. The standard InChI is InChI=1S/C25H34N2O2/c1-6-14-26-25(29)23(7-2)27(17-21-12-9-18(3)10-13-21)24(28)16-22-15-19(4)8-11-20(22)5/h8-13,15,23H,6-7,14,16-17H2,1-5H3,(H,26,29)/t23-/m1/s1. The van der Waals surface area contributed by atoms with E-state index in [1.54, 1.807) is 4.90 Å². The Kier molecular flexibility index (Phi) is 8.44. The fourth-order valence-corrected chi connectivity index (χ4v) is 3.43. The number of rotatable bonds is 9. The highest BCUT2D eigenvalue weighted by Gasteiger charge is 2.28. The van der Waals surface area contributed by atoms with Crippen LogP contribution in [0.15, 0.2) is 42.5 Å². The molecule has 0 unspecified atom stereocenters. The van der Waals surface area contributed by atoms with Crippen LogP contribution >= 0.6 is 0 Å². The lowest BCUT2D eigenvalue weighted by Crippen LogP contribution is -2.49. The second kappa shape index (κ2) is 10.8. The maximum atomic E-state index is 13.4. The number of nitrogens with zero attached hydrogens (tertiary/aromatic N) is 1. The van der Waals surface area contributed by atoms with Gasteiger partial charge in [0.25, 0.3) is 0 Å². The Morgan fingerprint density at radius 1 is 0.966 bits per heavy atom. The summed E-state index contributed by atoms with van der Waals surface area (Å²) in [4.78, 5) is 27.9. The Labute approximate surface area is 175 Å². The van der Waals surface area contributed by atoms with Crippen LogP contribution in [0.4, 0.5) is 0 Å². The van der Waals surface area contributed by atoms with E-state index in [0.29, 0.717) is 25.9 Å². The molecule has 0 saturated carbocycles. The minimum absolute atomic E-state index is 0.0160. The van der Waals surface area contributed by atoms with Crippen LogP contribution in [-0.2, 0) is 22.6 Å². The lowest BCUT2D eigenvalue weighted by molar-refractivity contribution is -0.140. The molecule has 0 aromatic heterocycles. The summed E-state index contributed by atoms with van der Waals surface area (Å²) in [6.45, 7) is 11.1. The summed E-state index contributed by atoms with van der Waals surface area (Å²) in [5.74, 6) is -0.0893. The van der Waals surface area contributed by atoms with Crippen molar-refractivity contribution in [2.45, 2.75) is 66.5 Å². The number of amides is 2. The molecule has 0 spiro atoms. The number of carbonyl (C=O) groups excluding carboxylic acids is 2. The van der Waals surface area contributed by atoms with Gasteiger partial charge in [0, 0.05) is 13.1 Å². The van der Waals surface area contributed by atoms with Gasteiger partial charge in [0.1, 0.15) is 6.04 Å². The zero-order chi connectivity index (χ0) is 21.4. The molecule has 0 aliphatic rings. The Morgan fingerprint density at radius 3 is 2.24 bits per heavy atom.